The molecule has 0 amide bonds. The van der Waals surface area contributed by atoms with Gasteiger partial charge in [0.2, 0.25) is 10.0 Å². The maximum absolute atomic E-state index is 12.9. The first-order valence-electron chi connectivity index (χ1n) is 7.56. The lowest BCUT2D eigenvalue weighted by molar-refractivity contribution is -0.0247. The molecule has 1 aromatic rings. The van der Waals surface area contributed by atoms with Crippen LogP contribution in [-0.2, 0) is 14.8 Å². The Bertz CT molecular complexity index is 620. The molecule has 0 saturated carbocycles. The van der Waals surface area contributed by atoms with Gasteiger partial charge in [-0.2, -0.15) is 4.31 Å². The molecule has 22 heavy (non-hydrogen) atoms. The van der Waals surface area contributed by atoms with Crippen LogP contribution >= 0.6 is 0 Å². The second kappa shape index (κ2) is 6.66. The SMILES string of the molecule is Cc1cc(C)c(S(=O)(=O)N(C)CC2CN(C)CCO2)c(C)c1. The van der Waals surface area contributed by atoms with Crippen LogP contribution in [0.2, 0.25) is 0 Å². The number of hydrogen-bond acceptors (Lipinski definition) is 4. The van der Waals surface area contributed by atoms with Crippen LogP contribution in [0.25, 0.3) is 0 Å². The van der Waals surface area contributed by atoms with Crippen molar-refractivity contribution >= 4 is 10.0 Å². The van der Waals surface area contributed by atoms with Crippen molar-refractivity contribution in [3.8, 4) is 0 Å². The third-order valence-corrected chi connectivity index (χ3v) is 6.21. The summed E-state index contributed by atoms with van der Waals surface area (Å²) >= 11 is 0. The van der Waals surface area contributed by atoms with Crippen molar-refractivity contribution in [1.29, 1.82) is 0 Å². The number of rotatable bonds is 4. The molecule has 1 saturated heterocycles. The Hall–Kier alpha value is -0.950. The number of hydrogen-bond donors (Lipinski definition) is 0. The van der Waals surface area contributed by atoms with Gasteiger partial charge in [0.1, 0.15) is 0 Å². The van der Waals surface area contributed by atoms with Crippen LogP contribution in [0.3, 0.4) is 0 Å². The van der Waals surface area contributed by atoms with E-state index in [1.165, 1.54) is 4.31 Å². The molecule has 1 aromatic carbocycles. The molecule has 0 radical (unpaired) electrons. The summed E-state index contributed by atoms with van der Waals surface area (Å²) < 4.78 is 32.9. The second-order valence-electron chi connectivity index (χ2n) is 6.27. The van der Waals surface area contributed by atoms with E-state index in [4.69, 9.17) is 4.74 Å². The van der Waals surface area contributed by atoms with Crippen molar-refractivity contribution in [3.63, 3.8) is 0 Å². The van der Waals surface area contributed by atoms with Crippen molar-refractivity contribution < 1.29 is 13.2 Å². The number of nitrogens with zero attached hydrogens (tertiary/aromatic N) is 2. The highest BCUT2D eigenvalue weighted by molar-refractivity contribution is 7.89. The zero-order valence-electron chi connectivity index (χ0n) is 14.1. The highest BCUT2D eigenvalue weighted by Gasteiger charge is 2.28. The summed E-state index contributed by atoms with van der Waals surface area (Å²) in [5, 5.41) is 0. The first-order chi connectivity index (χ1) is 10.2. The zero-order valence-corrected chi connectivity index (χ0v) is 14.9. The summed E-state index contributed by atoms with van der Waals surface area (Å²) in [5.74, 6) is 0. The summed E-state index contributed by atoms with van der Waals surface area (Å²) in [6.45, 7) is 8.36. The van der Waals surface area contributed by atoms with E-state index in [-0.39, 0.29) is 6.10 Å². The largest absolute Gasteiger partial charge is 0.374 e. The maximum Gasteiger partial charge on any atom is 0.243 e. The van der Waals surface area contributed by atoms with Gasteiger partial charge in [0.15, 0.2) is 0 Å². The molecule has 1 aliphatic rings. The highest BCUT2D eigenvalue weighted by Crippen LogP contribution is 2.25. The van der Waals surface area contributed by atoms with Gasteiger partial charge in [0.05, 0.1) is 17.6 Å². The predicted molar refractivity (Wildman–Crippen MR) is 87.7 cm³/mol. The van der Waals surface area contributed by atoms with Gasteiger partial charge in [0.25, 0.3) is 0 Å². The number of ether oxygens (including phenoxy) is 1. The Kier molecular flexibility index (Phi) is 5.27. The number of benzene rings is 1. The van der Waals surface area contributed by atoms with Gasteiger partial charge < -0.3 is 9.64 Å². The minimum absolute atomic E-state index is 0.0791. The van der Waals surface area contributed by atoms with Gasteiger partial charge in [-0.25, -0.2) is 8.42 Å². The van der Waals surface area contributed by atoms with E-state index in [2.05, 4.69) is 4.90 Å². The van der Waals surface area contributed by atoms with Crippen LogP contribution in [0.15, 0.2) is 17.0 Å². The molecule has 6 heteroatoms. The topological polar surface area (TPSA) is 49.9 Å². The van der Waals surface area contributed by atoms with E-state index < -0.39 is 10.0 Å². The molecule has 1 unspecified atom stereocenters. The number of sulfonamides is 1. The van der Waals surface area contributed by atoms with Crippen LogP contribution in [-0.4, -0.2) is 64.1 Å². The fraction of sp³-hybridized carbons (Fsp3) is 0.625. The lowest BCUT2D eigenvalue weighted by Gasteiger charge is -2.32. The third kappa shape index (κ3) is 3.68. The normalized spacial score (nSPS) is 20.5. The minimum Gasteiger partial charge on any atom is -0.374 e. The molecule has 2 rings (SSSR count). The number of likely N-dealkylation sites (N-methyl/N-ethyl adjacent to an activating group) is 2. The third-order valence-electron chi connectivity index (χ3n) is 4.08. The summed E-state index contributed by atoms with van der Waals surface area (Å²) in [6, 6.07) is 3.83. The van der Waals surface area contributed by atoms with Crippen molar-refractivity contribution in [2.75, 3.05) is 40.3 Å². The van der Waals surface area contributed by atoms with Gasteiger partial charge in [-0.15, -0.1) is 0 Å². The Morgan fingerprint density at radius 3 is 2.41 bits per heavy atom. The van der Waals surface area contributed by atoms with E-state index in [0.717, 1.165) is 29.8 Å². The smallest absolute Gasteiger partial charge is 0.243 e. The average molecular weight is 326 g/mol. The number of morpholine rings is 1. The van der Waals surface area contributed by atoms with Crippen LogP contribution in [0, 0.1) is 20.8 Å². The van der Waals surface area contributed by atoms with Crippen molar-refractivity contribution in [2.45, 2.75) is 31.8 Å². The van der Waals surface area contributed by atoms with Gasteiger partial charge >= 0.3 is 0 Å². The van der Waals surface area contributed by atoms with Crippen LogP contribution in [0.4, 0.5) is 0 Å². The van der Waals surface area contributed by atoms with E-state index >= 15 is 0 Å². The molecule has 0 aromatic heterocycles. The predicted octanol–water partition coefficient (Wildman–Crippen LogP) is 1.56. The molecule has 0 aliphatic carbocycles. The maximum atomic E-state index is 12.9. The van der Waals surface area contributed by atoms with Crippen molar-refractivity contribution in [3.05, 3.63) is 28.8 Å². The van der Waals surface area contributed by atoms with E-state index in [0.29, 0.717) is 18.0 Å². The molecule has 0 spiro atoms. The Balaban J connectivity index is 2.23. The lowest BCUT2D eigenvalue weighted by Crippen LogP contribution is -2.46. The Morgan fingerprint density at radius 1 is 1.27 bits per heavy atom. The van der Waals surface area contributed by atoms with Crippen molar-refractivity contribution in [2.24, 2.45) is 0 Å². The van der Waals surface area contributed by atoms with Gasteiger partial charge in [-0.05, 0) is 38.9 Å². The Morgan fingerprint density at radius 2 is 1.86 bits per heavy atom. The molecule has 1 fully saturated rings. The quantitative estimate of drug-likeness (QED) is 0.843. The van der Waals surface area contributed by atoms with Gasteiger partial charge in [-0.1, -0.05) is 17.7 Å². The molecule has 124 valence electrons. The molecular formula is C16H26N2O3S. The molecule has 5 nitrogen and oxygen atoms in total. The molecule has 0 bridgehead atoms. The summed E-state index contributed by atoms with van der Waals surface area (Å²) in [4.78, 5) is 2.58. The fourth-order valence-electron chi connectivity index (χ4n) is 3.09. The molecule has 1 aliphatic heterocycles. The lowest BCUT2D eigenvalue weighted by atomic mass is 10.1. The minimum atomic E-state index is -3.50. The van der Waals surface area contributed by atoms with Crippen molar-refractivity contribution in [1.82, 2.24) is 9.21 Å². The molecular weight excluding hydrogens is 300 g/mol. The first kappa shape index (κ1) is 17.4. The summed E-state index contributed by atoms with van der Waals surface area (Å²) in [6.07, 6.45) is -0.0791. The van der Waals surface area contributed by atoms with E-state index in [9.17, 15) is 8.42 Å². The first-order valence-corrected chi connectivity index (χ1v) is 9.00. The van der Waals surface area contributed by atoms with Gasteiger partial charge in [0, 0.05) is 26.7 Å². The molecule has 0 N–H and O–H groups in total. The van der Waals surface area contributed by atoms with Crippen LogP contribution in [0.5, 0.6) is 0 Å². The molecule has 1 heterocycles. The highest BCUT2D eigenvalue weighted by atomic mass is 32.2. The Labute approximate surface area is 133 Å². The summed E-state index contributed by atoms with van der Waals surface area (Å²) in [5.41, 5.74) is 2.67. The van der Waals surface area contributed by atoms with E-state index in [1.807, 2.05) is 40.0 Å². The van der Waals surface area contributed by atoms with E-state index in [1.54, 1.807) is 7.05 Å². The van der Waals surface area contributed by atoms with Gasteiger partial charge in [-0.3, -0.25) is 0 Å². The fourth-order valence-corrected chi connectivity index (χ4v) is 4.70. The molecule has 1 atom stereocenters. The zero-order chi connectivity index (χ0) is 16.5. The standard InChI is InChI=1S/C16H26N2O3S/c1-12-8-13(2)16(14(3)9-12)22(19,20)18(5)11-15-10-17(4)6-7-21-15/h8-9,15H,6-7,10-11H2,1-5H3. The average Bonchev–Trinajstić information content (AvgIpc) is 2.36. The second-order valence-corrected chi connectivity index (χ2v) is 8.25. The monoisotopic (exact) mass is 326 g/mol. The van der Waals surface area contributed by atoms with Crippen LogP contribution < -0.4 is 0 Å². The van der Waals surface area contributed by atoms with Crippen LogP contribution in [0.1, 0.15) is 16.7 Å². The summed E-state index contributed by atoms with van der Waals surface area (Å²) in [7, 11) is 0.158. The number of aryl methyl sites for hydroxylation is 3.